The highest BCUT2D eigenvalue weighted by Crippen LogP contribution is 2.61. The molecule has 4 aromatic rings. The topological polar surface area (TPSA) is 66.2 Å². The summed E-state index contributed by atoms with van der Waals surface area (Å²) in [5.41, 5.74) is 5.28. The molecule has 4 aliphatic carbocycles. The van der Waals surface area contributed by atoms with Crippen molar-refractivity contribution in [2.24, 2.45) is 31.8 Å². The lowest BCUT2D eigenvalue weighted by Crippen LogP contribution is -2.49. The van der Waals surface area contributed by atoms with Gasteiger partial charge >= 0.3 is 5.69 Å². The molecular formula is C27H31N5O2. The summed E-state index contributed by atoms with van der Waals surface area (Å²) in [5.74, 6) is 3.16. The van der Waals surface area contributed by atoms with Gasteiger partial charge in [0, 0.05) is 37.1 Å². The summed E-state index contributed by atoms with van der Waals surface area (Å²) >= 11 is 0. The lowest BCUT2D eigenvalue weighted by molar-refractivity contribution is -0.00786. The van der Waals surface area contributed by atoms with Gasteiger partial charge in [0.2, 0.25) is 5.78 Å². The van der Waals surface area contributed by atoms with Crippen LogP contribution in [0.25, 0.3) is 22.6 Å². The van der Waals surface area contributed by atoms with Crippen LogP contribution in [0.3, 0.4) is 0 Å². The van der Waals surface area contributed by atoms with Crippen molar-refractivity contribution in [2.75, 3.05) is 0 Å². The van der Waals surface area contributed by atoms with Crippen LogP contribution in [0.2, 0.25) is 0 Å². The van der Waals surface area contributed by atoms with Gasteiger partial charge in [0.25, 0.3) is 5.56 Å². The van der Waals surface area contributed by atoms with Gasteiger partial charge in [0.05, 0.1) is 0 Å². The Morgan fingerprint density at radius 1 is 0.912 bits per heavy atom. The van der Waals surface area contributed by atoms with Crippen LogP contribution in [0.4, 0.5) is 0 Å². The number of fused-ring (bicyclic) bond motifs is 3. The molecular weight excluding hydrogens is 426 g/mol. The zero-order valence-corrected chi connectivity index (χ0v) is 20.3. The third-order valence-corrected chi connectivity index (χ3v) is 9.30. The molecule has 0 radical (unpaired) electrons. The first-order chi connectivity index (χ1) is 16.3. The highest BCUT2D eigenvalue weighted by atomic mass is 16.2. The first-order valence-corrected chi connectivity index (χ1v) is 12.5. The molecule has 0 amide bonds. The van der Waals surface area contributed by atoms with Gasteiger partial charge in [-0.25, -0.2) is 4.79 Å². The van der Waals surface area contributed by atoms with E-state index < -0.39 is 0 Å². The summed E-state index contributed by atoms with van der Waals surface area (Å²) in [6, 6.07) is 6.57. The Balaban J connectivity index is 1.59. The Hall–Kier alpha value is -3.09. The van der Waals surface area contributed by atoms with Crippen molar-refractivity contribution in [3.05, 3.63) is 62.1 Å². The molecule has 4 aliphatic rings. The summed E-state index contributed by atoms with van der Waals surface area (Å²) in [4.78, 5) is 30.8. The zero-order valence-electron chi connectivity index (χ0n) is 20.3. The molecule has 0 spiro atoms. The van der Waals surface area contributed by atoms with E-state index in [0.29, 0.717) is 11.2 Å². The first kappa shape index (κ1) is 20.3. The molecule has 4 saturated carbocycles. The fourth-order valence-corrected chi connectivity index (χ4v) is 7.89. The maximum Gasteiger partial charge on any atom is 0.332 e. The molecule has 0 saturated heterocycles. The summed E-state index contributed by atoms with van der Waals surface area (Å²) in [5, 5.41) is 0. The predicted octanol–water partition coefficient (Wildman–Crippen LogP) is 3.76. The van der Waals surface area contributed by atoms with E-state index in [2.05, 4.69) is 42.8 Å². The van der Waals surface area contributed by atoms with Crippen molar-refractivity contribution < 1.29 is 0 Å². The number of rotatable bonds is 2. The maximum absolute atomic E-state index is 13.3. The quantitative estimate of drug-likeness (QED) is 0.460. The maximum atomic E-state index is 13.3. The Morgan fingerprint density at radius 3 is 2.18 bits per heavy atom. The van der Waals surface area contributed by atoms with E-state index in [1.807, 2.05) is 4.40 Å². The van der Waals surface area contributed by atoms with Crippen LogP contribution in [-0.4, -0.2) is 23.1 Å². The van der Waals surface area contributed by atoms with E-state index in [9.17, 15) is 9.59 Å². The Bertz CT molecular complexity index is 1590. The first-order valence-electron chi connectivity index (χ1n) is 12.5. The van der Waals surface area contributed by atoms with Gasteiger partial charge in [-0.15, -0.1) is 0 Å². The average molecular weight is 458 g/mol. The van der Waals surface area contributed by atoms with Gasteiger partial charge in [-0.2, -0.15) is 4.98 Å². The monoisotopic (exact) mass is 457 g/mol. The second kappa shape index (κ2) is 6.52. The van der Waals surface area contributed by atoms with E-state index in [1.54, 1.807) is 14.1 Å². The van der Waals surface area contributed by atoms with Crippen LogP contribution in [0, 0.1) is 31.6 Å². The van der Waals surface area contributed by atoms with Crippen LogP contribution in [0.15, 0.2) is 34.0 Å². The van der Waals surface area contributed by atoms with Gasteiger partial charge in [-0.3, -0.25) is 22.9 Å². The second-order valence-electron chi connectivity index (χ2n) is 11.5. The smallest absolute Gasteiger partial charge is 0.282 e. The molecule has 4 bridgehead atoms. The minimum atomic E-state index is -0.350. The number of hydrogen-bond donors (Lipinski definition) is 0. The molecule has 8 rings (SSSR count). The number of benzene rings is 1. The van der Waals surface area contributed by atoms with Crippen LogP contribution >= 0.6 is 0 Å². The Labute approximate surface area is 197 Å². The zero-order chi connectivity index (χ0) is 23.5. The molecule has 0 N–H and O–H groups in total. The van der Waals surface area contributed by atoms with E-state index >= 15 is 0 Å². The van der Waals surface area contributed by atoms with Gasteiger partial charge in [0.15, 0.2) is 11.2 Å². The second-order valence-corrected chi connectivity index (χ2v) is 11.5. The molecule has 3 aromatic heterocycles. The molecule has 0 aliphatic heterocycles. The normalized spacial score (nSPS) is 27.9. The van der Waals surface area contributed by atoms with Crippen LogP contribution < -0.4 is 11.2 Å². The van der Waals surface area contributed by atoms with Crippen LogP contribution in [0.5, 0.6) is 0 Å². The standard InChI is InChI=1S/C27H31N5O2/c1-15-5-6-20(7-16(15)2)32-21(27-11-17-8-18(12-27)10-19(9-17)13-27)14-31-22-23(28-25(31)32)29(3)26(34)30(4)24(22)33/h5-7,14,17-19H,8-13H2,1-4H3. The van der Waals surface area contributed by atoms with E-state index in [1.165, 1.54) is 64.5 Å². The molecule has 0 unspecified atom stereocenters. The summed E-state index contributed by atoms with van der Waals surface area (Å²) in [6.45, 7) is 4.28. The summed E-state index contributed by atoms with van der Waals surface area (Å²) in [6.07, 6.45) is 10.0. The number of nitrogens with zero attached hydrogens (tertiary/aromatic N) is 5. The van der Waals surface area contributed by atoms with Crippen LogP contribution in [0.1, 0.15) is 55.3 Å². The highest BCUT2D eigenvalue weighted by molar-refractivity contribution is 5.76. The van der Waals surface area contributed by atoms with Crippen molar-refractivity contribution in [1.29, 1.82) is 0 Å². The van der Waals surface area contributed by atoms with Crippen molar-refractivity contribution in [2.45, 2.75) is 57.8 Å². The fraction of sp³-hybridized carbons (Fsp3) is 0.519. The van der Waals surface area contributed by atoms with Crippen LogP contribution in [-0.2, 0) is 19.5 Å². The molecule has 3 heterocycles. The average Bonchev–Trinajstić information content (AvgIpc) is 3.34. The van der Waals surface area contributed by atoms with Gasteiger partial charge < -0.3 is 0 Å². The molecule has 7 nitrogen and oxygen atoms in total. The molecule has 4 fully saturated rings. The van der Waals surface area contributed by atoms with E-state index in [-0.39, 0.29) is 16.7 Å². The minimum Gasteiger partial charge on any atom is -0.282 e. The van der Waals surface area contributed by atoms with E-state index in [4.69, 9.17) is 4.98 Å². The van der Waals surface area contributed by atoms with E-state index in [0.717, 1.165) is 29.2 Å². The Kier molecular flexibility index (Phi) is 3.89. The largest absolute Gasteiger partial charge is 0.332 e. The van der Waals surface area contributed by atoms with Crippen molar-refractivity contribution >= 4 is 16.9 Å². The van der Waals surface area contributed by atoms with Crippen molar-refractivity contribution in [3.63, 3.8) is 0 Å². The predicted molar refractivity (Wildman–Crippen MR) is 132 cm³/mol. The lowest BCUT2D eigenvalue weighted by Gasteiger charge is -2.56. The SMILES string of the molecule is Cc1ccc(-n2c(C34CC5CC(CC(C5)C3)C4)cn3c4c(=O)n(C)c(=O)n(C)c4nc23)cc1C. The number of imidazole rings is 2. The summed E-state index contributed by atoms with van der Waals surface area (Å²) in [7, 11) is 3.24. The highest BCUT2D eigenvalue weighted by Gasteiger charge is 2.53. The van der Waals surface area contributed by atoms with Crippen molar-refractivity contribution in [1.82, 2.24) is 23.1 Å². The Morgan fingerprint density at radius 2 is 1.56 bits per heavy atom. The molecule has 0 atom stereocenters. The molecule has 1 aromatic carbocycles. The van der Waals surface area contributed by atoms with Gasteiger partial charge in [-0.05, 0) is 93.4 Å². The lowest BCUT2D eigenvalue weighted by atomic mass is 9.49. The third-order valence-electron chi connectivity index (χ3n) is 9.30. The fourth-order valence-electron chi connectivity index (χ4n) is 7.89. The van der Waals surface area contributed by atoms with Crippen molar-refractivity contribution in [3.8, 4) is 5.69 Å². The molecule has 7 heteroatoms. The number of hydrogen-bond acceptors (Lipinski definition) is 3. The summed E-state index contributed by atoms with van der Waals surface area (Å²) < 4.78 is 6.93. The molecule has 34 heavy (non-hydrogen) atoms. The minimum absolute atomic E-state index is 0.131. The van der Waals surface area contributed by atoms with Gasteiger partial charge in [-0.1, -0.05) is 6.07 Å². The number of aryl methyl sites for hydroxylation is 3. The van der Waals surface area contributed by atoms with Gasteiger partial charge in [0.1, 0.15) is 0 Å². The number of aromatic nitrogens is 5. The third kappa shape index (κ3) is 2.50. The molecule has 176 valence electrons.